The van der Waals surface area contributed by atoms with Crippen LogP contribution in [0.3, 0.4) is 0 Å². The van der Waals surface area contributed by atoms with E-state index < -0.39 is 0 Å². The molecule has 2 rings (SSSR count). The second-order valence-electron chi connectivity index (χ2n) is 5.55. The summed E-state index contributed by atoms with van der Waals surface area (Å²) >= 11 is 0. The molecule has 1 fully saturated rings. The minimum Gasteiger partial charge on any atom is -0.393 e. The average molecular weight is 261 g/mol. The summed E-state index contributed by atoms with van der Waals surface area (Å²) in [5.74, 6) is 0.114. The Bertz CT molecular complexity index is 442. The Morgan fingerprint density at radius 1 is 1.42 bits per heavy atom. The second kappa shape index (κ2) is 6.20. The number of aryl methyl sites for hydroxylation is 1. The molecule has 0 spiro atoms. The molecule has 0 aliphatic carbocycles. The number of likely N-dealkylation sites (tertiary alicyclic amines) is 1. The largest absolute Gasteiger partial charge is 0.393 e. The number of benzene rings is 1. The maximum atomic E-state index is 12.7. The number of hydrogen-bond acceptors (Lipinski definition) is 2. The van der Waals surface area contributed by atoms with E-state index >= 15 is 0 Å². The van der Waals surface area contributed by atoms with Crippen molar-refractivity contribution in [3.8, 4) is 0 Å². The van der Waals surface area contributed by atoms with E-state index in [2.05, 4.69) is 0 Å². The fraction of sp³-hybridized carbons (Fsp3) is 0.562. The molecule has 2 unspecified atom stereocenters. The molecule has 3 nitrogen and oxygen atoms in total. The molecular weight excluding hydrogens is 238 g/mol. The fourth-order valence-electron chi connectivity index (χ4n) is 2.87. The van der Waals surface area contributed by atoms with Gasteiger partial charge in [0.15, 0.2) is 0 Å². The summed E-state index contributed by atoms with van der Waals surface area (Å²) in [5, 5.41) is 9.59. The van der Waals surface area contributed by atoms with Crippen LogP contribution in [0.2, 0.25) is 0 Å². The second-order valence-corrected chi connectivity index (χ2v) is 5.55. The van der Waals surface area contributed by atoms with E-state index in [4.69, 9.17) is 0 Å². The zero-order valence-corrected chi connectivity index (χ0v) is 11.8. The van der Waals surface area contributed by atoms with Gasteiger partial charge in [-0.3, -0.25) is 4.79 Å². The Balaban J connectivity index is 2.18. The number of amides is 1. The van der Waals surface area contributed by atoms with E-state index in [1.807, 2.05) is 36.1 Å². The molecule has 19 heavy (non-hydrogen) atoms. The lowest BCUT2D eigenvalue weighted by molar-refractivity contribution is 0.0514. The van der Waals surface area contributed by atoms with Gasteiger partial charge >= 0.3 is 0 Å². The molecule has 1 amide bonds. The summed E-state index contributed by atoms with van der Waals surface area (Å²) in [6.45, 7) is 4.58. The zero-order valence-electron chi connectivity index (χ0n) is 11.8. The average Bonchev–Trinajstić information content (AvgIpc) is 2.38. The highest BCUT2D eigenvalue weighted by atomic mass is 16.3. The third-order valence-electron chi connectivity index (χ3n) is 3.88. The molecule has 1 N–H and O–H groups in total. The lowest BCUT2D eigenvalue weighted by atomic mass is 9.95. The first-order valence-corrected chi connectivity index (χ1v) is 7.14. The zero-order chi connectivity index (χ0) is 13.8. The molecule has 1 saturated heterocycles. The molecular formula is C16H23NO2. The van der Waals surface area contributed by atoms with Crippen LogP contribution in [0.15, 0.2) is 24.3 Å². The summed E-state index contributed by atoms with van der Waals surface area (Å²) in [6.07, 6.45) is 3.54. The van der Waals surface area contributed by atoms with Gasteiger partial charge in [-0.05, 0) is 51.2 Å². The molecule has 0 radical (unpaired) electrons. The quantitative estimate of drug-likeness (QED) is 0.909. The SMILES string of the molecule is Cc1ccccc1C(=O)N1CCCCC1CC(C)O. The maximum Gasteiger partial charge on any atom is 0.254 e. The monoisotopic (exact) mass is 261 g/mol. The first-order chi connectivity index (χ1) is 9.09. The van der Waals surface area contributed by atoms with E-state index in [1.54, 1.807) is 6.92 Å². The first kappa shape index (κ1) is 14.1. The summed E-state index contributed by atoms with van der Waals surface area (Å²) in [5.41, 5.74) is 1.81. The Hall–Kier alpha value is -1.35. The van der Waals surface area contributed by atoms with Crippen LogP contribution in [0.4, 0.5) is 0 Å². The van der Waals surface area contributed by atoms with Gasteiger partial charge in [-0.1, -0.05) is 18.2 Å². The van der Waals surface area contributed by atoms with Crippen molar-refractivity contribution in [2.24, 2.45) is 0 Å². The van der Waals surface area contributed by atoms with Crippen molar-refractivity contribution >= 4 is 5.91 Å². The number of aliphatic hydroxyl groups is 1. The molecule has 3 heteroatoms. The fourth-order valence-corrected chi connectivity index (χ4v) is 2.87. The third-order valence-corrected chi connectivity index (χ3v) is 3.88. The smallest absolute Gasteiger partial charge is 0.254 e. The van der Waals surface area contributed by atoms with E-state index in [1.165, 1.54) is 0 Å². The highest BCUT2D eigenvalue weighted by Crippen LogP contribution is 2.24. The van der Waals surface area contributed by atoms with Gasteiger partial charge in [-0.2, -0.15) is 0 Å². The van der Waals surface area contributed by atoms with Gasteiger partial charge in [0.2, 0.25) is 0 Å². The Morgan fingerprint density at radius 3 is 2.84 bits per heavy atom. The number of nitrogens with zero attached hydrogens (tertiary/aromatic N) is 1. The summed E-state index contributed by atoms with van der Waals surface area (Å²) < 4.78 is 0. The van der Waals surface area contributed by atoms with Crippen molar-refractivity contribution in [3.63, 3.8) is 0 Å². The van der Waals surface area contributed by atoms with Crippen molar-refractivity contribution in [3.05, 3.63) is 35.4 Å². The predicted octanol–water partition coefficient (Wildman–Crippen LogP) is 2.76. The Kier molecular flexibility index (Phi) is 4.59. The predicted molar refractivity (Wildman–Crippen MR) is 76.2 cm³/mol. The lowest BCUT2D eigenvalue weighted by Gasteiger charge is -2.36. The molecule has 1 aliphatic rings. The first-order valence-electron chi connectivity index (χ1n) is 7.14. The van der Waals surface area contributed by atoms with E-state index in [9.17, 15) is 9.90 Å². The van der Waals surface area contributed by atoms with Crippen LogP contribution < -0.4 is 0 Å². The van der Waals surface area contributed by atoms with Crippen molar-refractivity contribution < 1.29 is 9.90 Å². The van der Waals surface area contributed by atoms with Gasteiger partial charge in [0, 0.05) is 18.2 Å². The minimum atomic E-state index is -0.352. The molecule has 1 aliphatic heterocycles. The van der Waals surface area contributed by atoms with Crippen molar-refractivity contribution in [1.29, 1.82) is 0 Å². The van der Waals surface area contributed by atoms with Crippen LogP contribution in [-0.2, 0) is 0 Å². The highest BCUT2D eigenvalue weighted by molar-refractivity contribution is 5.95. The van der Waals surface area contributed by atoms with E-state index in [0.717, 1.165) is 36.9 Å². The maximum absolute atomic E-state index is 12.7. The number of rotatable bonds is 3. The van der Waals surface area contributed by atoms with Crippen molar-refractivity contribution in [2.75, 3.05) is 6.54 Å². The molecule has 1 heterocycles. The summed E-state index contributed by atoms with van der Waals surface area (Å²) in [6, 6.07) is 7.91. The number of piperidine rings is 1. The van der Waals surface area contributed by atoms with Crippen LogP contribution in [0.5, 0.6) is 0 Å². The van der Waals surface area contributed by atoms with Gasteiger partial charge in [0.1, 0.15) is 0 Å². The molecule has 1 aromatic rings. The topological polar surface area (TPSA) is 40.5 Å². The van der Waals surface area contributed by atoms with E-state index in [0.29, 0.717) is 6.42 Å². The standard InChI is InChI=1S/C16H23NO2/c1-12-7-3-4-9-15(12)16(19)17-10-6-5-8-14(17)11-13(2)18/h3-4,7,9,13-14,18H,5-6,8,10-11H2,1-2H3. The lowest BCUT2D eigenvalue weighted by Crippen LogP contribution is -2.45. The molecule has 0 bridgehead atoms. The molecule has 0 aromatic heterocycles. The normalized spacial score (nSPS) is 21.2. The van der Waals surface area contributed by atoms with Crippen LogP contribution in [0.1, 0.15) is 48.5 Å². The van der Waals surface area contributed by atoms with Crippen molar-refractivity contribution in [1.82, 2.24) is 4.90 Å². The van der Waals surface area contributed by atoms with Gasteiger partial charge in [0.05, 0.1) is 6.10 Å². The molecule has 0 saturated carbocycles. The summed E-state index contributed by atoms with van der Waals surface area (Å²) in [7, 11) is 0. The molecule has 104 valence electrons. The van der Waals surface area contributed by atoms with Crippen molar-refractivity contribution in [2.45, 2.75) is 51.7 Å². The number of aliphatic hydroxyl groups excluding tert-OH is 1. The van der Waals surface area contributed by atoms with E-state index in [-0.39, 0.29) is 18.1 Å². The highest BCUT2D eigenvalue weighted by Gasteiger charge is 2.28. The number of carbonyl (C=O) groups excluding carboxylic acids is 1. The minimum absolute atomic E-state index is 0.114. The molecule has 1 aromatic carbocycles. The van der Waals surface area contributed by atoms with Crippen LogP contribution in [0, 0.1) is 6.92 Å². The Labute approximate surface area is 115 Å². The third kappa shape index (κ3) is 3.35. The van der Waals surface area contributed by atoms with Crippen LogP contribution in [-0.4, -0.2) is 34.6 Å². The van der Waals surface area contributed by atoms with Gasteiger partial charge in [-0.15, -0.1) is 0 Å². The summed E-state index contributed by atoms with van der Waals surface area (Å²) in [4.78, 5) is 14.6. The number of carbonyl (C=O) groups is 1. The molecule has 2 atom stereocenters. The van der Waals surface area contributed by atoms with Gasteiger partial charge in [-0.25, -0.2) is 0 Å². The van der Waals surface area contributed by atoms with Crippen LogP contribution in [0.25, 0.3) is 0 Å². The van der Waals surface area contributed by atoms with Crippen LogP contribution >= 0.6 is 0 Å². The van der Waals surface area contributed by atoms with Gasteiger partial charge < -0.3 is 10.0 Å². The Morgan fingerprint density at radius 2 is 2.16 bits per heavy atom. The van der Waals surface area contributed by atoms with Gasteiger partial charge in [0.25, 0.3) is 5.91 Å². The number of hydrogen-bond donors (Lipinski definition) is 1.